The molecule has 1 N–H and O–H groups in total. The second kappa shape index (κ2) is 6.45. The Morgan fingerprint density at radius 3 is 2.62 bits per heavy atom. The number of hydrogen-bond donors (Lipinski definition) is 1. The number of likely N-dealkylation sites (N-methyl/N-ethyl adjacent to an activating group) is 1. The Labute approximate surface area is 107 Å². The first kappa shape index (κ1) is 13.8. The maximum atomic E-state index is 6.14. The minimum Gasteiger partial charge on any atom is -0.380 e. The quantitative estimate of drug-likeness (QED) is 0.880. The van der Waals surface area contributed by atoms with Gasteiger partial charge in [0.15, 0.2) is 0 Å². The van der Waals surface area contributed by atoms with Crippen molar-refractivity contribution in [2.75, 3.05) is 14.2 Å². The number of rotatable bonds is 5. The van der Waals surface area contributed by atoms with Gasteiger partial charge in [-0.25, -0.2) is 0 Å². The van der Waals surface area contributed by atoms with Gasteiger partial charge in [0.05, 0.1) is 16.1 Å². The molecule has 1 aromatic rings. The third kappa shape index (κ3) is 3.36. The first-order chi connectivity index (χ1) is 7.60. The molecule has 0 aliphatic carbocycles. The average molecular weight is 262 g/mol. The van der Waals surface area contributed by atoms with Crippen LogP contribution in [0, 0.1) is 0 Å². The van der Waals surface area contributed by atoms with Crippen molar-refractivity contribution < 1.29 is 4.74 Å². The van der Waals surface area contributed by atoms with Crippen molar-refractivity contribution in [2.24, 2.45) is 0 Å². The summed E-state index contributed by atoms with van der Waals surface area (Å²) in [6, 6.07) is 5.91. The van der Waals surface area contributed by atoms with Crippen molar-refractivity contribution in [1.82, 2.24) is 5.32 Å². The molecule has 0 saturated carbocycles. The molecule has 0 spiro atoms. The van der Waals surface area contributed by atoms with Crippen molar-refractivity contribution in [3.63, 3.8) is 0 Å². The van der Waals surface area contributed by atoms with Gasteiger partial charge < -0.3 is 10.1 Å². The molecular formula is C12H17Cl2NO. The van der Waals surface area contributed by atoms with Crippen LogP contribution >= 0.6 is 23.2 Å². The van der Waals surface area contributed by atoms with Gasteiger partial charge in [0.2, 0.25) is 0 Å². The van der Waals surface area contributed by atoms with Crippen LogP contribution in [-0.2, 0) is 11.2 Å². The molecule has 1 rings (SSSR count). The Hall–Kier alpha value is -0.280. The number of methoxy groups -OCH3 is 1. The lowest BCUT2D eigenvalue weighted by Gasteiger charge is -2.23. The van der Waals surface area contributed by atoms with E-state index in [1.807, 2.05) is 26.1 Å². The van der Waals surface area contributed by atoms with Gasteiger partial charge in [0.25, 0.3) is 0 Å². The van der Waals surface area contributed by atoms with Crippen LogP contribution in [0.1, 0.15) is 12.5 Å². The molecule has 0 bridgehead atoms. The maximum Gasteiger partial charge on any atom is 0.0699 e. The van der Waals surface area contributed by atoms with Crippen molar-refractivity contribution >= 4 is 23.2 Å². The van der Waals surface area contributed by atoms with E-state index >= 15 is 0 Å². The van der Waals surface area contributed by atoms with Gasteiger partial charge in [0, 0.05) is 13.2 Å². The van der Waals surface area contributed by atoms with Crippen molar-refractivity contribution in [3.8, 4) is 0 Å². The molecule has 0 heterocycles. The largest absolute Gasteiger partial charge is 0.380 e. The summed E-state index contributed by atoms with van der Waals surface area (Å²) >= 11 is 12.1. The van der Waals surface area contributed by atoms with E-state index in [1.54, 1.807) is 13.2 Å². The van der Waals surface area contributed by atoms with Crippen LogP contribution in [0.4, 0.5) is 0 Å². The molecule has 2 atom stereocenters. The van der Waals surface area contributed by atoms with E-state index in [0.29, 0.717) is 10.0 Å². The number of nitrogens with one attached hydrogen (secondary N) is 1. The summed E-state index contributed by atoms with van der Waals surface area (Å²) in [7, 11) is 3.62. The third-order valence-electron chi connectivity index (χ3n) is 2.78. The summed E-state index contributed by atoms with van der Waals surface area (Å²) in [5.74, 6) is 0. The van der Waals surface area contributed by atoms with Gasteiger partial charge >= 0.3 is 0 Å². The predicted octanol–water partition coefficient (Wildman–Crippen LogP) is 3.16. The molecule has 2 nitrogen and oxygen atoms in total. The monoisotopic (exact) mass is 261 g/mol. The van der Waals surface area contributed by atoms with Crippen LogP contribution in [-0.4, -0.2) is 26.3 Å². The number of ether oxygens (including phenoxy) is 1. The van der Waals surface area contributed by atoms with E-state index in [2.05, 4.69) is 5.32 Å². The minimum atomic E-state index is 0.125. The average Bonchev–Trinajstić information content (AvgIpc) is 2.30. The molecule has 1 aromatic carbocycles. The van der Waals surface area contributed by atoms with Crippen molar-refractivity contribution in [1.29, 1.82) is 0 Å². The Bertz CT molecular complexity index is 344. The second-order valence-corrected chi connectivity index (χ2v) is 4.54. The number of hydrogen-bond acceptors (Lipinski definition) is 2. The number of halogens is 2. The molecule has 0 amide bonds. The van der Waals surface area contributed by atoms with Crippen LogP contribution in [0.2, 0.25) is 10.0 Å². The zero-order valence-corrected chi connectivity index (χ0v) is 11.3. The Morgan fingerprint density at radius 2 is 2.06 bits per heavy atom. The summed E-state index contributed by atoms with van der Waals surface area (Å²) in [5.41, 5.74) is 1.04. The highest BCUT2D eigenvalue weighted by molar-refractivity contribution is 6.42. The first-order valence-electron chi connectivity index (χ1n) is 5.23. The van der Waals surface area contributed by atoms with E-state index in [4.69, 9.17) is 27.9 Å². The Morgan fingerprint density at radius 1 is 1.38 bits per heavy atom. The fraction of sp³-hybridized carbons (Fsp3) is 0.500. The molecule has 90 valence electrons. The summed E-state index contributed by atoms with van der Waals surface area (Å²) in [6.45, 7) is 2.03. The van der Waals surface area contributed by atoms with Gasteiger partial charge in [-0.05, 0) is 32.0 Å². The fourth-order valence-electron chi connectivity index (χ4n) is 1.61. The highest BCUT2D eigenvalue weighted by Crippen LogP contribution is 2.26. The summed E-state index contributed by atoms with van der Waals surface area (Å²) in [6.07, 6.45) is 0.922. The Balaban J connectivity index is 2.82. The predicted molar refractivity (Wildman–Crippen MR) is 69.5 cm³/mol. The molecule has 0 radical (unpaired) electrons. The van der Waals surface area contributed by atoms with E-state index in [0.717, 1.165) is 12.0 Å². The van der Waals surface area contributed by atoms with Crippen LogP contribution in [0.5, 0.6) is 0 Å². The lowest BCUT2D eigenvalue weighted by molar-refractivity contribution is 0.0857. The van der Waals surface area contributed by atoms with Crippen LogP contribution in [0.25, 0.3) is 0 Å². The Kier molecular flexibility index (Phi) is 5.56. The summed E-state index contributed by atoms with van der Waals surface area (Å²) in [5, 5.41) is 4.45. The second-order valence-electron chi connectivity index (χ2n) is 3.75. The molecule has 4 heteroatoms. The molecule has 0 fully saturated rings. The zero-order valence-electron chi connectivity index (χ0n) is 9.76. The molecule has 2 unspecified atom stereocenters. The van der Waals surface area contributed by atoms with Gasteiger partial charge in [0.1, 0.15) is 0 Å². The minimum absolute atomic E-state index is 0.125. The standard InChI is InChI=1S/C12H17Cl2NO/c1-8(16-3)11(15-2)7-9-5-4-6-10(13)12(9)14/h4-6,8,11,15H,7H2,1-3H3. The van der Waals surface area contributed by atoms with E-state index in [1.165, 1.54) is 0 Å². The normalized spacial score (nSPS) is 14.8. The topological polar surface area (TPSA) is 21.3 Å². The summed E-state index contributed by atoms with van der Waals surface area (Å²) in [4.78, 5) is 0. The highest BCUT2D eigenvalue weighted by atomic mass is 35.5. The van der Waals surface area contributed by atoms with Crippen molar-refractivity contribution in [2.45, 2.75) is 25.5 Å². The van der Waals surface area contributed by atoms with Crippen LogP contribution in [0.3, 0.4) is 0 Å². The van der Waals surface area contributed by atoms with Gasteiger partial charge in [-0.1, -0.05) is 35.3 Å². The molecule has 0 aliphatic rings. The number of benzene rings is 1. The molecule has 16 heavy (non-hydrogen) atoms. The lowest BCUT2D eigenvalue weighted by atomic mass is 10.0. The van der Waals surface area contributed by atoms with Gasteiger partial charge in [-0.15, -0.1) is 0 Å². The maximum absolute atomic E-state index is 6.14. The van der Waals surface area contributed by atoms with E-state index in [9.17, 15) is 0 Å². The molecule has 0 saturated heterocycles. The third-order valence-corrected chi connectivity index (χ3v) is 3.64. The first-order valence-corrected chi connectivity index (χ1v) is 5.98. The van der Waals surface area contributed by atoms with Gasteiger partial charge in [-0.3, -0.25) is 0 Å². The smallest absolute Gasteiger partial charge is 0.0699 e. The molecule has 0 aromatic heterocycles. The van der Waals surface area contributed by atoms with Crippen LogP contribution in [0.15, 0.2) is 18.2 Å². The van der Waals surface area contributed by atoms with Gasteiger partial charge in [-0.2, -0.15) is 0 Å². The van der Waals surface area contributed by atoms with Crippen LogP contribution < -0.4 is 5.32 Å². The zero-order chi connectivity index (χ0) is 12.1. The van der Waals surface area contributed by atoms with E-state index in [-0.39, 0.29) is 12.1 Å². The lowest BCUT2D eigenvalue weighted by Crippen LogP contribution is -2.38. The van der Waals surface area contributed by atoms with E-state index < -0.39 is 0 Å². The highest BCUT2D eigenvalue weighted by Gasteiger charge is 2.17. The fourth-order valence-corrected chi connectivity index (χ4v) is 2.01. The summed E-state index contributed by atoms with van der Waals surface area (Å²) < 4.78 is 5.31. The SMILES string of the molecule is CNC(Cc1cccc(Cl)c1Cl)C(C)OC. The molecule has 0 aliphatic heterocycles. The molecular weight excluding hydrogens is 245 g/mol. The van der Waals surface area contributed by atoms with Crippen molar-refractivity contribution in [3.05, 3.63) is 33.8 Å².